The summed E-state index contributed by atoms with van der Waals surface area (Å²) in [5, 5.41) is 18.0. The van der Waals surface area contributed by atoms with Crippen molar-refractivity contribution in [3.63, 3.8) is 0 Å². The van der Waals surface area contributed by atoms with Crippen molar-refractivity contribution < 1.29 is 66.4 Å². The minimum absolute atomic E-state index is 0. The molecule has 1 atom stereocenters. The van der Waals surface area contributed by atoms with Crippen molar-refractivity contribution in [1.29, 1.82) is 0 Å². The Labute approximate surface area is 95.0 Å². The second-order valence-electron chi connectivity index (χ2n) is 1.24. The Morgan fingerprint density at radius 1 is 1.89 bits per heavy atom. The van der Waals surface area contributed by atoms with Crippen LogP contribution in [0.25, 0.3) is 0 Å². The van der Waals surface area contributed by atoms with Crippen LogP contribution in [0.1, 0.15) is 0 Å². The maximum absolute atomic E-state index is 9.63. The van der Waals surface area contributed by atoms with Gasteiger partial charge in [0.05, 0.1) is 5.97 Å². The van der Waals surface area contributed by atoms with E-state index in [0.29, 0.717) is 0 Å². The van der Waals surface area contributed by atoms with E-state index in [1.54, 1.807) is 0 Å². The zero-order valence-electron chi connectivity index (χ0n) is 5.13. The van der Waals surface area contributed by atoms with Crippen LogP contribution in [0.15, 0.2) is 0 Å². The second-order valence-corrected chi connectivity index (χ2v) is 1.24. The minimum Gasteiger partial charge on any atom is -0.547 e. The number of nitrogens with two attached hydrogens (primary N) is 1. The molecule has 0 saturated heterocycles. The predicted octanol–water partition coefficient (Wildman–Crippen LogP) is -6.44. The number of rotatable bonds is 3. The van der Waals surface area contributed by atoms with Crippen LogP contribution in [0.4, 0.5) is 0 Å². The van der Waals surface area contributed by atoms with E-state index in [1.807, 2.05) is 5.43 Å². The summed E-state index contributed by atoms with van der Waals surface area (Å²) in [5.41, 5.74) is 1.98. The number of hydrogen-bond acceptors (Lipinski definition) is 5. The van der Waals surface area contributed by atoms with Crippen molar-refractivity contribution in [2.45, 2.75) is 6.10 Å². The van der Waals surface area contributed by atoms with Crippen LogP contribution in [0, 0.1) is 0 Å². The van der Waals surface area contributed by atoms with Gasteiger partial charge < -0.3 is 15.0 Å². The molecule has 0 bridgehead atoms. The largest absolute Gasteiger partial charge is 1.00 e. The molecule has 0 aromatic heterocycles. The van der Waals surface area contributed by atoms with Gasteiger partial charge in [-0.1, -0.05) is 0 Å². The van der Waals surface area contributed by atoms with Gasteiger partial charge in [-0.05, 0) is 0 Å². The smallest absolute Gasteiger partial charge is 0.547 e. The van der Waals surface area contributed by atoms with Crippen molar-refractivity contribution in [3.8, 4) is 0 Å². The topological polar surface area (TPSA) is 98.4 Å². The third-order valence-electron chi connectivity index (χ3n) is 0.583. The fraction of sp³-hybridized carbons (Fsp3) is 0.667. The van der Waals surface area contributed by atoms with Crippen LogP contribution >= 0.6 is 0 Å². The summed E-state index contributed by atoms with van der Waals surface area (Å²) in [4.78, 5) is 9.63. The average Bonchev–Trinajstić information content (AvgIpc) is 1.67. The van der Waals surface area contributed by atoms with Crippen LogP contribution in [-0.4, -0.2) is 23.7 Å². The van der Waals surface area contributed by atoms with Crippen molar-refractivity contribution in [1.82, 2.24) is 5.43 Å². The van der Waals surface area contributed by atoms with Gasteiger partial charge in [-0.25, -0.2) is 0 Å². The van der Waals surface area contributed by atoms with Crippen molar-refractivity contribution in [3.05, 3.63) is 0 Å². The molecule has 6 heteroatoms. The zero-order valence-corrected chi connectivity index (χ0v) is 8.25. The first-order chi connectivity index (χ1) is 3.68. The molecule has 0 saturated carbocycles. The van der Waals surface area contributed by atoms with E-state index in [1.165, 1.54) is 0 Å². The average molecular weight is 158 g/mol. The number of carbonyl (C=O) groups excluding carboxylic acids is 1. The molecule has 0 unspecified atom stereocenters. The molecule has 0 spiro atoms. The Hall–Kier alpha value is 0.986. The van der Waals surface area contributed by atoms with Gasteiger partial charge >= 0.3 is 51.4 Å². The quantitative estimate of drug-likeness (QED) is 0.215. The molecule has 0 aliphatic rings. The van der Waals surface area contributed by atoms with Crippen molar-refractivity contribution in [2.75, 3.05) is 6.54 Å². The van der Waals surface area contributed by atoms with Gasteiger partial charge in [0.2, 0.25) is 0 Å². The van der Waals surface area contributed by atoms with Crippen LogP contribution in [0.3, 0.4) is 0 Å². The Kier molecular flexibility index (Phi) is 9.97. The SMILES string of the molecule is NNC[C@H](O)C(=O)[O-].[K+]. The molecule has 4 N–H and O–H groups in total. The Morgan fingerprint density at radius 3 is 2.44 bits per heavy atom. The number of aliphatic hydroxyl groups is 1. The van der Waals surface area contributed by atoms with E-state index in [2.05, 4.69) is 5.84 Å². The fourth-order valence-electron chi connectivity index (χ4n) is 0.195. The summed E-state index contributed by atoms with van der Waals surface area (Å²) in [7, 11) is 0. The van der Waals surface area contributed by atoms with E-state index in [9.17, 15) is 9.90 Å². The van der Waals surface area contributed by atoms with E-state index in [4.69, 9.17) is 5.11 Å². The molecule has 0 aliphatic heterocycles. The maximum atomic E-state index is 9.63. The first-order valence-corrected chi connectivity index (χ1v) is 2.01. The number of hydrazine groups is 1. The first-order valence-electron chi connectivity index (χ1n) is 2.01. The molecule has 0 aliphatic carbocycles. The predicted molar refractivity (Wildman–Crippen MR) is 23.2 cm³/mol. The summed E-state index contributed by atoms with van der Waals surface area (Å²) in [5.74, 6) is 3.14. The molecule has 9 heavy (non-hydrogen) atoms. The van der Waals surface area contributed by atoms with Crippen LogP contribution < -0.4 is 67.8 Å². The van der Waals surface area contributed by atoms with Gasteiger partial charge in [-0.3, -0.25) is 11.3 Å². The normalized spacial score (nSPS) is 11.8. The second kappa shape index (κ2) is 7.10. The van der Waals surface area contributed by atoms with Gasteiger partial charge in [0, 0.05) is 6.54 Å². The molecule has 0 aromatic rings. The Bertz CT molecular complexity index is 89.1. The van der Waals surface area contributed by atoms with E-state index in [-0.39, 0.29) is 57.9 Å². The number of aliphatic carboxylic acids is 1. The monoisotopic (exact) mass is 158 g/mol. The molecule has 0 fully saturated rings. The summed E-state index contributed by atoms with van der Waals surface area (Å²) in [6.45, 7) is -0.192. The van der Waals surface area contributed by atoms with Gasteiger partial charge in [0.1, 0.15) is 6.10 Å². The number of carbonyl (C=O) groups is 1. The van der Waals surface area contributed by atoms with E-state index >= 15 is 0 Å². The molecular weight excluding hydrogens is 151 g/mol. The van der Waals surface area contributed by atoms with Crippen molar-refractivity contribution in [2.24, 2.45) is 5.84 Å². The minimum atomic E-state index is -1.53. The van der Waals surface area contributed by atoms with Crippen molar-refractivity contribution >= 4 is 5.97 Å². The third-order valence-corrected chi connectivity index (χ3v) is 0.583. The van der Waals surface area contributed by atoms with Gasteiger partial charge in [-0.15, -0.1) is 0 Å². The third kappa shape index (κ3) is 6.88. The Balaban J connectivity index is 0. The molecule has 0 aromatic carbocycles. The molecule has 0 heterocycles. The number of carboxylic acid groups (broad SMARTS) is 1. The van der Waals surface area contributed by atoms with Gasteiger partial charge in [0.25, 0.3) is 0 Å². The van der Waals surface area contributed by atoms with Crippen LogP contribution in [0.2, 0.25) is 0 Å². The molecule has 0 amide bonds. The molecule has 0 radical (unpaired) electrons. The number of aliphatic hydroxyl groups excluding tert-OH is 1. The molecule has 5 nitrogen and oxygen atoms in total. The van der Waals surface area contributed by atoms with Crippen LogP contribution in [-0.2, 0) is 4.79 Å². The van der Waals surface area contributed by atoms with Gasteiger partial charge in [0.15, 0.2) is 0 Å². The standard InChI is InChI=1S/C3H8N2O3.K/c4-5-1-2(6)3(7)8;/h2,5-6H,1,4H2,(H,7,8);/q;+1/p-1/t2-;/m0./s1. The zero-order chi connectivity index (χ0) is 6.57. The molecule has 48 valence electrons. The summed E-state index contributed by atoms with van der Waals surface area (Å²) >= 11 is 0. The van der Waals surface area contributed by atoms with E-state index < -0.39 is 12.1 Å². The number of carboxylic acids is 1. The summed E-state index contributed by atoms with van der Waals surface area (Å²) in [6.07, 6.45) is -1.51. The molecule has 0 rings (SSSR count). The Morgan fingerprint density at radius 2 is 2.33 bits per heavy atom. The first kappa shape index (κ1) is 12.6. The number of nitrogens with one attached hydrogen (secondary N) is 1. The summed E-state index contributed by atoms with van der Waals surface area (Å²) < 4.78 is 0. The van der Waals surface area contributed by atoms with Gasteiger partial charge in [-0.2, -0.15) is 0 Å². The summed E-state index contributed by atoms with van der Waals surface area (Å²) in [6, 6.07) is 0. The fourth-order valence-corrected chi connectivity index (χ4v) is 0.195. The molecular formula is C3H7KN2O3. The maximum Gasteiger partial charge on any atom is 1.00 e. The van der Waals surface area contributed by atoms with Crippen LogP contribution in [0.5, 0.6) is 0 Å². The van der Waals surface area contributed by atoms with E-state index in [0.717, 1.165) is 0 Å². The number of hydrogen-bond donors (Lipinski definition) is 3.